The summed E-state index contributed by atoms with van der Waals surface area (Å²) in [7, 11) is 0. The highest BCUT2D eigenvalue weighted by atomic mass is 35.5. The third-order valence-corrected chi connectivity index (χ3v) is 4.15. The molecular formula is C17H27ClN2O2. The summed E-state index contributed by atoms with van der Waals surface area (Å²) < 4.78 is 5.36. The maximum Gasteiger partial charge on any atom is 0.220 e. The Morgan fingerprint density at radius 1 is 1.27 bits per heavy atom. The van der Waals surface area contributed by atoms with Crippen LogP contribution >= 0.6 is 12.4 Å². The second-order valence-corrected chi connectivity index (χ2v) is 5.79. The smallest absolute Gasteiger partial charge is 0.220 e. The van der Waals surface area contributed by atoms with Gasteiger partial charge < -0.3 is 15.8 Å². The number of benzene rings is 1. The second-order valence-electron chi connectivity index (χ2n) is 5.79. The molecule has 0 saturated heterocycles. The molecule has 4 nitrogen and oxygen atoms in total. The fourth-order valence-corrected chi connectivity index (χ4v) is 2.80. The van der Waals surface area contributed by atoms with Gasteiger partial charge in [-0.15, -0.1) is 12.4 Å². The molecule has 1 aliphatic carbocycles. The van der Waals surface area contributed by atoms with Gasteiger partial charge >= 0.3 is 0 Å². The number of halogens is 1. The molecule has 22 heavy (non-hydrogen) atoms. The van der Waals surface area contributed by atoms with E-state index in [1.54, 1.807) is 0 Å². The highest BCUT2D eigenvalue weighted by molar-refractivity contribution is 5.85. The van der Waals surface area contributed by atoms with E-state index in [9.17, 15) is 4.79 Å². The van der Waals surface area contributed by atoms with Gasteiger partial charge in [0.2, 0.25) is 5.91 Å². The summed E-state index contributed by atoms with van der Waals surface area (Å²) in [5.74, 6) is 0.467. The first kappa shape index (κ1) is 18.9. The van der Waals surface area contributed by atoms with Crippen LogP contribution < -0.4 is 11.1 Å². The third kappa shape index (κ3) is 5.95. The van der Waals surface area contributed by atoms with E-state index in [1.165, 1.54) is 0 Å². The molecule has 0 radical (unpaired) electrons. The summed E-state index contributed by atoms with van der Waals surface area (Å²) in [5, 5.41) is 2.98. The first-order chi connectivity index (χ1) is 10.2. The number of hydrogen-bond acceptors (Lipinski definition) is 3. The number of nitrogens with one attached hydrogen (secondary N) is 1. The van der Waals surface area contributed by atoms with E-state index < -0.39 is 0 Å². The summed E-state index contributed by atoms with van der Waals surface area (Å²) in [6.45, 7) is 3.93. The fraction of sp³-hybridized carbons (Fsp3) is 0.588. The molecule has 0 unspecified atom stereocenters. The number of amides is 1. The van der Waals surface area contributed by atoms with Crippen molar-refractivity contribution in [1.29, 1.82) is 0 Å². The van der Waals surface area contributed by atoms with Gasteiger partial charge in [0, 0.05) is 25.6 Å². The third-order valence-electron chi connectivity index (χ3n) is 4.15. The number of ether oxygens (including phenoxy) is 1. The minimum Gasteiger partial charge on any atom is -0.377 e. The van der Waals surface area contributed by atoms with Crippen molar-refractivity contribution in [2.45, 2.75) is 51.8 Å². The predicted octanol–water partition coefficient (Wildman–Crippen LogP) is 2.78. The Balaban J connectivity index is 0.00000242. The Kier molecular flexibility index (Phi) is 8.46. The summed E-state index contributed by atoms with van der Waals surface area (Å²) in [4.78, 5) is 11.9. The highest BCUT2D eigenvalue weighted by Gasteiger charge is 2.25. The minimum absolute atomic E-state index is 0. The molecule has 1 saturated carbocycles. The molecule has 3 N–H and O–H groups in total. The molecule has 1 fully saturated rings. The number of carbonyl (C=O) groups is 1. The molecule has 1 aliphatic rings. The summed E-state index contributed by atoms with van der Waals surface area (Å²) in [5.41, 5.74) is 8.27. The Hall–Kier alpha value is -1.10. The zero-order valence-corrected chi connectivity index (χ0v) is 14.0. The largest absolute Gasteiger partial charge is 0.377 e. The van der Waals surface area contributed by atoms with Crippen LogP contribution in [0.15, 0.2) is 24.3 Å². The highest BCUT2D eigenvalue weighted by Crippen LogP contribution is 2.26. The topological polar surface area (TPSA) is 64.3 Å². The molecule has 2 atom stereocenters. The van der Waals surface area contributed by atoms with Crippen LogP contribution in [0.1, 0.15) is 43.7 Å². The van der Waals surface area contributed by atoms with Gasteiger partial charge in [-0.3, -0.25) is 4.79 Å². The van der Waals surface area contributed by atoms with Crippen LogP contribution in [0.3, 0.4) is 0 Å². The van der Waals surface area contributed by atoms with Crippen molar-refractivity contribution in [2.24, 2.45) is 11.7 Å². The first-order valence-electron chi connectivity index (χ1n) is 7.87. The summed E-state index contributed by atoms with van der Waals surface area (Å²) >= 11 is 0. The summed E-state index contributed by atoms with van der Waals surface area (Å²) in [6, 6.07) is 8.37. The predicted molar refractivity (Wildman–Crippen MR) is 90.8 cm³/mol. The van der Waals surface area contributed by atoms with Crippen LogP contribution in [0.25, 0.3) is 0 Å². The van der Waals surface area contributed by atoms with Crippen LogP contribution in [-0.2, 0) is 22.7 Å². The molecule has 124 valence electrons. The molecule has 1 aromatic carbocycles. The van der Waals surface area contributed by atoms with Gasteiger partial charge in [-0.1, -0.05) is 30.7 Å². The maximum absolute atomic E-state index is 11.9. The monoisotopic (exact) mass is 326 g/mol. The van der Waals surface area contributed by atoms with Crippen molar-refractivity contribution in [3.8, 4) is 0 Å². The molecule has 5 heteroatoms. The van der Waals surface area contributed by atoms with E-state index in [0.717, 1.165) is 37.0 Å². The zero-order chi connectivity index (χ0) is 15.1. The Morgan fingerprint density at radius 2 is 1.95 bits per heavy atom. The molecule has 0 aromatic heterocycles. The van der Waals surface area contributed by atoms with E-state index in [4.69, 9.17) is 10.5 Å². The number of hydrogen-bond donors (Lipinski definition) is 2. The lowest BCUT2D eigenvalue weighted by molar-refractivity contribution is -0.122. The first-order valence-corrected chi connectivity index (χ1v) is 7.87. The SMILES string of the molecule is CCOCc1ccc(CNC(=O)C[C@@H]2CCC[C@H]2N)cc1.Cl. The van der Waals surface area contributed by atoms with Crippen LogP contribution in [0.5, 0.6) is 0 Å². The lowest BCUT2D eigenvalue weighted by Crippen LogP contribution is -2.31. The number of rotatable bonds is 7. The minimum atomic E-state index is 0. The Bertz CT molecular complexity index is 450. The average molecular weight is 327 g/mol. The van der Waals surface area contributed by atoms with E-state index in [2.05, 4.69) is 5.32 Å². The van der Waals surface area contributed by atoms with Gasteiger partial charge in [0.25, 0.3) is 0 Å². The maximum atomic E-state index is 11.9. The van der Waals surface area contributed by atoms with Gasteiger partial charge in [0.15, 0.2) is 0 Å². The van der Waals surface area contributed by atoms with Gasteiger partial charge in [-0.25, -0.2) is 0 Å². The van der Waals surface area contributed by atoms with Crippen molar-refractivity contribution in [3.63, 3.8) is 0 Å². The van der Waals surface area contributed by atoms with Crippen molar-refractivity contribution in [2.75, 3.05) is 6.61 Å². The zero-order valence-electron chi connectivity index (χ0n) is 13.2. The molecule has 0 aliphatic heterocycles. The van der Waals surface area contributed by atoms with Crippen molar-refractivity contribution in [1.82, 2.24) is 5.32 Å². The molecule has 2 rings (SSSR count). The Labute approximate surface area is 139 Å². The van der Waals surface area contributed by atoms with Gasteiger partial charge in [0.1, 0.15) is 0 Å². The van der Waals surface area contributed by atoms with E-state index >= 15 is 0 Å². The van der Waals surface area contributed by atoms with Crippen LogP contribution in [0.4, 0.5) is 0 Å². The van der Waals surface area contributed by atoms with Crippen molar-refractivity contribution < 1.29 is 9.53 Å². The van der Waals surface area contributed by atoms with Crippen LogP contribution in [-0.4, -0.2) is 18.6 Å². The molecule has 1 amide bonds. The second kappa shape index (κ2) is 9.82. The van der Waals surface area contributed by atoms with Gasteiger partial charge in [-0.05, 0) is 36.8 Å². The quantitative estimate of drug-likeness (QED) is 0.809. The number of nitrogens with two attached hydrogens (primary N) is 1. The molecule has 0 heterocycles. The average Bonchev–Trinajstić information content (AvgIpc) is 2.89. The molecule has 1 aromatic rings. The van der Waals surface area contributed by atoms with Crippen LogP contribution in [0, 0.1) is 5.92 Å². The van der Waals surface area contributed by atoms with Crippen molar-refractivity contribution >= 4 is 18.3 Å². The fourth-order valence-electron chi connectivity index (χ4n) is 2.80. The lowest BCUT2D eigenvalue weighted by Gasteiger charge is -2.14. The molecule has 0 bridgehead atoms. The van der Waals surface area contributed by atoms with E-state index in [1.807, 2.05) is 31.2 Å². The molecule has 0 spiro atoms. The van der Waals surface area contributed by atoms with Gasteiger partial charge in [-0.2, -0.15) is 0 Å². The lowest BCUT2D eigenvalue weighted by atomic mass is 10.00. The molecular weight excluding hydrogens is 300 g/mol. The van der Waals surface area contributed by atoms with Crippen molar-refractivity contribution in [3.05, 3.63) is 35.4 Å². The standard InChI is InChI=1S/C17H26N2O2.ClH/c1-2-21-12-14-8-6-13(7-9-14)11-19-17(20)10-15-4-3-5-16(15)18;/h6-9,15-16H,2-5,10-12,18H2,1H3,(H,19,20);1H/t15-,16+;/m0./s1. The summed E-state index contributed by atoms with van der Waals surface area (Å²) in [6.07, 6.45) is 3.85. The van der Waals surface area contributed by atoms with Gasteiger partial charge in [0.05, 0.1) is 6.61 Å². The van der Waals surface area contributed by atoms with Crippen LogP contribution in [0.2, 0.25) is 0 Å². The normalized spacial score (nSPS) is 20.5. The van der Waals surface area contributed by atoms with E-state index in [0.29, 0.717) is 25.5 Å². The Morgan fingerprint density at radius 3 is 2.55 bits per heavy atom. The number of carbonyl (C=O) groups excluding carboxylic acids is 1. The van der Waals surface area contributed by atoms with E-state index in [-0.39, 0.29) is 24.4 Å².